The first-order valence-corrected chi connectivity index (χ1v) is 6.41. The molecule has 1 aromatic heterocycles. The van der Waals surface area contributed by atoms with Crippen LogP contribution in [0.5, 0.6) is 0 Å². The first kappa shape index (κ1) is 11.6. The summed E-state index contributed by atoms with van der Waals surface area (Å²) in [6, 6.07) is 0. The van der Waals surface area contributed by atoms with E-state index >= 15 is 0 Å². The van der Waals surface area contributed by atoms with Gasteiger partial charge in [-0.1, -0.05) is 0 Å². The molecule has 5 heteroatoms. The summed E-state index contributed by atoms with van der Waals surface area (Å²) in [6.07, 6.45) is 2.37. The van der Waals surface area contributed by atoms with E-state index in [4.69, 9.17) is 4.74 Å². The van der Waals surface area contributed by atoms with Crippen LogP contribution >= 0.6 is 15.9 Å². The van der Waals surface area contributed by atoms with Crippen LogP contribution in [0.15, 0.2) is 4.47 Å². The van der Waals surface area contributed by atoms with Crippen molar-refractivity contribution in [3.8, 4) is 0 Å². The lowest BCUT2D eigenvalue weighted by atomic mass is 10.2. The number of ether oxygens (including phenoxy) is 1. The molecule has 16 heavy (non-hydrogen) atoms. The predicted octanol–water partition coefficient (Wildman–Crippen LogP) is 2.72. The van der Waals surface area contributed by atoms with E-state index in [2.05, 4.69) is 21.0 Å². The molecule has 0 aromatic carbocycles. The van der Waals surface area contributed by atoms with Gasteiger partial charge in [-0.3, -0.25) is 4.68 Å². The molecule has 1 heterocycles. The average molecular weight is 287 g/mol. The fourth-order valence-corrected chi connectivity index (χ4v) is 2.54. The van der Waals surface area contributed by atoms with Gasteiger partial charge in [0.1, 0.15) is 0 Å². The minimum atomic E-state index is -0.344. The smallest absolute Gasteiger partial charge is 0.360 e. The number of hydrogen-bond acceptors (Lipinski definition) is 3. The zero-order valence-corrected chi connectivity index (χ0v) is 11.1. The molecule has 1 aliphatic rings. The first-order chi connectivity index (χ1) is 7.69. The molecule has 1 aromatic rings. The van der Waals surface area contributed by atoms with Crippen molar-refractivity contribution >= 4 is 21.9 Å². The Kier molecular flexibility index (Phi) is 3.33. The van der Waals surface area contributed by atoms with Gasteiger partial charge in [-0.2, -0.15) is 5.10 Å². The van der Waals surface area contributed by atoms with Crippen molar-refractivity contribution in [2.75, 3.05) is 6.61 Å². The minimum absolute atomic E-state index is 0.344. The molecule has 0 atom stereocenters. The Bertz CT molecular complexity index is 410. The highest BCUT2D eigenvalue weighted by molar-refractivity contribution is 9.10. The summed E-state index contributed by atoms with van der Waals surface area (Å²) in [6.45, 7) is 4.98. The molecule has 0 radical (unpaired) electrons. The summed E-state index contributed by atoms with van der Waals surface area (Å²) in [5, 5.41) is 4.30. The summed E-state index contributed by atoms with van der Waals surface area (Å²) in [5.41, 5.74) is 1.55. The van der Waals surface area contributed by atoms with Crippen molar-refractivity contribution in [1.29, 1.82) is 0 Å². The second-order valence-electron chi connectivity index (χ2n) is 3.86. The number of aromatic nitrogens is 2. The Balaban J connectivity index is 2.35. The van der Waals surface area contributed by atoms with E-state index in [0.717, 1.165) is 16.7 Å². The standard InChI is InChI=1S/C11H15BrN2O2/c1-3-14-10(7-5-6-7)8(12)9(13-14)11(15)16-4-2/h7H,3-6H2,1-2H3. The average Bonchev–Trinajstić information content (AvgIpc) is 3.03. The highest BCUT2D eigenvalue weighted by Gasteiger charge is 2.33. The highest BCUT2D eigenvalue weighted by atomic mass is 79.9. The zero-order chi connectivity index (χ0) is 11.7. The van der Waals surface area contributed by atoms with Crippen LogP contribution in [0.2, 0.25) is 0 Å². The molecule has 0 unspecified atom stereocenters. The molecule has 0 bridgehead atoms. The zero-order valence-electron chi connectivity index (χ0n) is 9.49. The second kappa shape index (κ2) is 4.57. The van der Waals surface area contributed by atoms with Gasteiger partial charge in [0.25, 0.3) is 0 Å². The van der Waals surface area contributed by atoms with Gasteiger partial charge in [-0.05, 0) is 42.6 Å². The van der Waals surface area contributed by atoms with Crippen LogP contribution in [0.1, 0.15) is 48.8 Å². The molecule has 0 spiro atoms. The maximum absolute atomic E-state index is 11.7. The molecular weight excluding hydrogens is 272 g/mol. The molecule has 88 valence electrons. The SMILES string of the molecule is CCOC(=O)c1nn(CC)c(C2CC2)c1Br. The van der Waals surface area contributed by atoms with Gasteiger partial charge in [0.2, 0.25) is 0 Å². The molecule has 0 N–H and O–H groups in total. The van der Waals surface area contributed by atoms with Crippen molar-refractivity contribution in [2.24, 2.45) is 0 Å². The van der Waals surface area contributed by atoms with E-state index in [9.17, 15) is 4.79 Å². The number of nitrogens with zero attached hydrogens (tertiary/aromatic N) is 2. The molecule has 0 amide bonds. The Morgan fingerprint density at radius 3 is 2.75 bits per heavy atom. The fraction of sp³-hybridized carbons (Fsp3) is 0.636. The van der Waals surface area contributed by atoms with Crippen molar-refractivity contribution in [3.05, 3.63) is 15.9 Å². The fourth-order valence-electron chi connectivity index (χ4n) is 1.77. The lowest BCUT2D eigenvalue weighted by molar-refractivity contribution is 0.0517. The summed E-state index contributed by atoms with van der Waals surface area (Å²) >= 11 is 3.47. The van der Waals surface area contributed by atoms with Gasteiger partial charge in [-0.15, -0.1) is 0 Å². The monoisotopic (exact) mass is 286 g/mol. The van der Waals surface area contributed by atoms with Crippen molar-refractivity contribution in [1.82, 2.24) is 9.78 Å². The van der Waals surface area contributed by atoms with E-state index in [0.29, 0.717) is 18.2 Å². The van der Waals surface area contributed by atoms with Gasteiger partial charge in [0.15, 0.2) is 5.69 Å². The van der Waals surface area contributed by atoms with Gasteiger partial charge in [0.05, 0.1) is 16.8 Å². The van der Waals surface area contributed by atoms with Crippen molar-refractivity contribution < 1.29 is 9.53 Å². The first-order valence-electron chi connectivity index (χ1n) is 5.62. The van der Waals surface area contributed by atoms with E-state index < -0.39 is 0 Å². The predicted molar refractivity (Wildman–Crippen MR) is 63.5 cm³/mol. The lowest BCUT2D eigenvalue weighted by Gasteiger charge is -2.01. The quantitative estimate of drug-likeness (QED) is 0.800. The minimum Gasteiger partial charge on any atom is -0.461 e. The lowest BCUT2D eigenvalue weighted by Crippen LogP contribution is -2.07. The van der Waals surface area contributed by atoms with Gasteiger partial charge in [-0.25, -0.2) is 4.79 Å². The molecule has 1 fully saturated rings. The van der Waals surface area contributed by atoms with E-state index in [1.807, 2.05) is 11.6 Å². The highest BCUT2D eigenvalue weighted by Crippen LogP contribution is 2.44. The van der Waals surface area contributed by atoms with Gasteiger partial charge in [0, 0.05) is 12.5 Å². The second-order valence-corrected chi connectivity index (χ2v) is 4.65. The van der Waals surface area contributed by atoms with E-state index in [1.54, 1.807) is 6.92 Å². The van der Waals surface area contributed by atoms with Crippen LogP contribution in [-0.4, -0.2) is 22.4 Å². The third kappa shape index (κ3) is 2.00. The molecular formula is C11H15BrN2O2. The van der Waals surface area contributed by atoms with Crippen LogP contribution in [0, 0.1) is 0 Å². The maximum Gasteiger partial charge on any atom is 0.360 e. The molecule has 4 nitrogen and oxygen atoms in total. The van der Waals surface area contributed by atoms with Crippen LogP contribution in [0.4, 0.5) is 0 Å². The summed E-state index contributed by atoms with van der Waals surface area (Å²) in [7, 11) is 0. The Morgan fingerprint density at radius 1 is 1.56 bits per heavy atom. The van der Waals surface area contributed by atoms with Crippen LogP contribution < -0.4 is 0 Å². The van der Waals surface area contributed by atoms with Gasteiger partial charge < -0.3 is 4.74 Å². The number of esters is 1. The number of halogens is 1. The maximum atomic E-state index is 11.7. The van der Waals surface area contributed by atoms with Crippen molar-refractivity contribution in [2.45, 2.75) is 39.2 Å². The van der Waals surface area contributed by atoms with Crippen LogP contribution in [-0.2, 0) is 11.3 Å². The van der Waals surface area contributed by atoms with E-state index in [-0.39, 0.29) is 5.97 Å². The van der Waals surface area contributed by atoms with E-state index in [1.165, 1.54) is 12.8 Å². The number of carbonyl (C=O) groups is 1. The Labute approximate surface area is 103 Å². The Hall–Kier alpha value is -0.840. The van der Waals surface area contributed by atoms with Crippen LogP contribution in [0.25, 0.3) is 0 Å². The van der Waals surface area contributed by atoms with Crippen LogP contribution in [0.3, 0.4) is 0 Å². The molecule has 0 saturated heterocycles. The number of hydrogen-bond donors (Lipinski definition) is 0. The molecule has 0 aliphatic heterocycles. The Morgan fingerprint density at radius 2 is 2.25 bits per heavy atom. The number of carbonyl (C=O) groups excluding carboxylic acids is 1. The largest absolute Gasteiger partial charge is 0.461 e. The number of rotatable bonds is 4. The summed E-state index contributed by atoms with van der Waals surface area (Å²) in [5.74, 6) is 0.216. The van der Waals surface area contributed by atoms with Crippen molar-refractivity contribution in [3.63, 3.8) is 0 Å². The topological polar surface area (TPSA) is 44.1 Å². The van der Waals surface area contributed by atoms with Gasteiger partial charge >= 0.3 is 5.97 Å². The normalized spacial score (nSPS) is 15.2. The summed E-state index contributed by atoms with van der Waals surface area (Å²) < 4.78 is 7.69. The molecule has 1 aliphatic carbocycles. The molecule has 1 saturated carbocycles. The summed E-state index contributed by atoms with van der Waals surface area (Å²) in [4.78, 5) is 11.7. The third-order valence-corrected chi connectivity index (χ3v) is 3.45. The third-order valence-electron chi connectivity index (χ3n) is 2.66. The number of aryl methyl sites for hydroxylation is 1. The molecule has 2 rings (SSSR count).